The third kappa shape index (κ3) is 4.08. The standard InChI is InChI=1S/C18H22BrNO/c1-13(2)20(12-15-7-5-4-6-8-15)16-9-10-17(14(3)21)18(19)11-16/h4-11,13-14,21H,12H2,1-3H3. The highest BCUT2D eigenvalue weighted by molar-refractivity contribution is 9.10. The van der Waals surface area contributed by atoms with Gasteiger partial charge in [-0.15, -0.1) is 0 Å². The van der Waals surface area contributed by atoms with Gasteiger partial charge in [-0.1, -0.05) is 52.3 Å². The lowest BCUT2D eigenvalue weighted by molar-refractivity contribution is 0.198. The summed E-state index contributed by atoms with van der Waals surface area (Å²) in [7, 11) is 0. The molecule has 3 heteroatoms. The fourth-order valence-corrected chi connectivity index (χ4v) is 3.08. The fourth-order valence-electron chi connectivity index (χ4n) is 2.39. The number of nitrogens with zero attached hydrogens (tertiary/aromatic N) is 1. The molecule has 0 aliphatic carbocycles. The fraction of sp³-hybridized carbons (Fsp3) is 0.333. The minimum atomic E-state index is -0.463. The Kier molecular flexibility index (Phi) is 5.43. The van der Waals surface area contributed by atoms with Crippen molar-refractivity contribution in [3.63, 3.8) is 0 Å². The van der Waals surface area contributed by atoms with Crippen molar-refractivity contribution in [2.75, 3.05) is 4.90 Å². The van der Waals surface area contributed by atoms with Gasteiger partial charge in [0.2, 0.25) is 0 Å². The van der Waals surface area contributed by atoms with E-state index >= 15 is 0 Å². The minimum absolute atomic E-state index is 0.398. The molecule has 0 heterocycles. The van der Waals surface area contributed by atoms with Gasteiger partial charge < -0.3 is 10.0 Å². The second-order valence-electron chi connectivity index (χ2n) is 5.59. The Hall–Kier alpha value is -1.32. The van der Waals surface area contributed by atoms with Gasteiger partial charge in [-0.2, -0.15) is 0 Å². The number of hydrogen-bond donors (Lipinski definition) is 1. The van der Waals surface area contributed by atoms with Gasteiger partial charge in [0.05, 0.1) is 6.10 Å². The highest BCUT2D eigenvalue weighted by atomic mass is 79.9. The summed E-state index contributed by atoms with van der Waals surface area (Å²) in [5.41, 5.74) is 3.37. The summed E-state index contributed by atoms with van der Waals surface area (Å²) < 4.78 is 0.953. The summed E-state index contributed by atoms with van der Waals surface area (Å²) in [5.74, 6) is 0. The molecule has 0 bridgehead atoms. The number of anilines is 1. The number of halogens is 1. The predicted octanol–water partition coefficient (Wildman–Crippen LogP) is 4.92. The summed E-state index contributed by atoms with van der Waals surface area (Å²) in [6.45, 7) is 7.04. The molecule has 0 aliphatic rings. The quantitative estimate of drug-likeness (QED) is 0.829. The van der Waals surface area contributed by atoms with Gasteiger partial charge in [-0.3, -0.25) is 0 Å². The molecular formula is C18H22BrNO. The topological polar surface area (TPSA) is 23.5 Å². The Balaban J connectivity index is 2.28. The smallest absolute Gasteiger partial charge is 0.0772 e. The third-order valence-corrected chi connectivity index (χ3v) is 4.27. The summed E-state index contributed by atoms with van der Waals surface area (Å²) in [5, 5.41) is 9.73. The number of benzene rings is 2. The molecule has 2 nitrogen and oxygen atoms in total. The first-order valence-electron chi connectivity index (χ1n) is 7.27. The Morgan fingerprint density at radius 2 is 1.71 bits per heavy atom. The van der Waals surface area contributed by atoms with Crippen LogP contribution >= 0.6 is 15.9 Å². The first kappa shape index (κ1) is 16.1. The summed E-state index contributed by atoms with van der Waals surface area (Å²) >= 11 is 3.56. The summed E-state index contributed by atoms with van der Waals surface area (Å²) in [6.07, 6.45) is -0.463. The molecule has 112 valence electrons. The van der Waals surface area contributed by atoms with Crippen LogP contribution < -0.4 is 4.90 Å². The zero-order valence-corrected chi connectivity index (χ0v) is 14.3. The monoisotopic (exact) mass is 347 g/mol. The minimum Gasteiger partial charge on any atom is -0.389 e. The van der Waals surface area contributed by atoms with Gasteiger partial charge >= 0.3 is 0 Å². The number of rotatable bonds is 5. The van der Waals surface area contributed by atoms with Crippen LogP contribution in [-0.2, 0) is 6.54 Å². The number of aliphatic hydroxyl groups is 1. The largest absolute Gasteiger partial charge is 0.389 e. The SMILES string of the molecule is CC(O)c1ccc(N(Cc2ccccc2)C(C)C)cc1Br. The lowest BCUT2D eigenvalue weighted by Crippen LogP contribution is -2.30. The van der Waals surface area contributed by atoms with Crippen molar-refractivity contribution >= 4 is 21.6 Å². The average Bonchev–Trinajstić information content (AvgIpc) is 2.45. The zero-order chi connectivity index (χ0) is 15.4. The van der Waals surface area contributed by atoms with Crippen LogP contribution in [0.25, 0.3) is 0 Å². The number of aliphatic hydroxyl groups excluding tert-OH is 1. The molecule has 0 amide bonds. The molecule has 0 spiro atoms. The molecular weight excluding hydrogens is 326 g/mol. The molecule has 21 heavy (non-hydrogen) atoms. The van der Waals surface area contributed by atoms with Crippen molar-refractivity contribution in [1.29, 1.82) is 0 Å². The maximum atomic E-state index is 9.73. The van der Waals surface area contributed by atoms with Gasteiger partial charge in [0, 0.05) is 22.7 Å². The van der Waals surface area contributed by atoms with Crippen molar-refractivity contribution in [3.8, 4) is 0 Å². The van der Waals surface area contributed by atoms with E-state index in [1.165, 1.54) is 5.56 Å². The molecule has 2 rings (SSSR count). The Labute approximate surface area is 135 Å². The second kappa shape index (κ2) is 7.10. The Morgan fingerprint density at radius 3 is 2.24 bits per heavy atom. The molecule has 1 unspecified atom stereocenters. The molecule has 0 saturated heterocycles. The molecule has 2 aromatic rings. The normalized spacial score (nSPS) is 12.5. The second-order valence-corrected chi connectivity index (χ2v) is 6.44. The molecule has 0 aliphatic heterocycles. The average molecular weight is 348 g/mol. The van der Waals surface area contributed by atoms with Crippen molar-refractivity contribution in [2.45, 2.75) is 39.5 Å². The Morgan fingerprint density at radius 1 is 1.05 bits per heavy atom. The lowest BCUT2D eigenvalue weighted by atomic mass is 10.1. The van der Waals surface area contributed by atoms with E-state index in [1.54, 1.807) is 6.92 Å². The van der Waals surface area contributed by atoms with Gasteiger partial charge in [0.15, 0.2) is 0 Å². The molecule has 1 N–H and O–H groups in total. The van der Waals surface area contributed by atoms with E-state index in [9.17, 15) is 5.11 Å². The molecule has 0 fully saturated rings. The third-order valence-electron chi connectivity index (χ3n) is 3.58. The van der Waals surface area contributed by atoms with Crippen LogP contribution in [0.2, 0.25) is 0 Å². The van der Waals surface area contributed by atoms with E-state index in [0.29, 0.717) is 6.04 Å². The Bertz CT molecular complexity index is 581. The summed E-state index contributed by atoms with van der Waals surface area (Å²) in [6, 6.07) is 17.0. The van der Waals surface area contributed by atoms with Gasteiger partial charge in [0.1, 0.15) is 0 Å². The van der Waals surface area contributed by atoms with Crippen LogP contribution in [0.5, 0.6) is 0 Å². The lowest BCUT2D eigenvalue weighted by Gasteiger charge is -2.30. The van der Waals surface area contributed by atoms with E-state index in [-0.39, 0.29) is 0 Å². The van der Waals surface area contributed by atoms with Gasteiger partial charge in [0.25, 0.3) is 0 Å². The highest BCUT2D eigenvalue weighted by Gasteiger charge is 2.14. The molecule has 0 radical (unpaired) electrons. The number of hydrogen-bond acceptors (Lipinski definition) is 2. The highest BCUT2D eigenvalue weighted by Crippen LogP contribution is 2.30. The van der Waals surface area contributed by atoms with Crippen LogP contribution in [0.3, 0.4) is 0 Å². The van der Waals surface area contributed by atoms with E-state index in [2.05, 4.69) is 71.1 Å². The van der Waals surface area contributed by atoms with Crippen LogP contribution in [0, 0.1) is 0 Å². The van der Waals surface area contributed by atoms with Crippen molar-refractivity contribution < 1.29 is 5.11 Å². The van der Waals surface area contributed by atoms with Crippen LogP contribution in [0.15, 0.2) is 53.0 Å². The molecule has 2 aromatic carbocycles. The van der Waals surface area contributed by atoms with Gasteiger partial charge in [-0.25, -0.2) is 0 Å². The maximum Gasteiger partial charge on any atom is 0.0772 e. The van der Waals surface area contributed by atoms with Crippen molar-refractivity contribution in [1.82, 2.24) is 0 Å². The first-order valence-corrected chi connectivity index (χ1v) is 8.06. The summed E-state index contributed by atoms with van der Waals surface area (Å²) in [4.78, 5) is 2.35. The molecule has 1 atom stereocenters. The van der Waals surface area contributed by atoms with E-state index < -0.39 is 6.10 Å². The first-order chi connectivity index (χ1) is 9.99. The van der Waals surface area contributed by atoms with Crippen LogP contribution in [0.1, 0.15) is 38.0 Å². The van der Waals surface area contributed by atoms with Crippen LogP contribution in [0.4, 0.5) is 5.69 Å². The maximum absolute atomic E-state index is 9.73. The van der Waals surface area contributed by atoms with Gasteiger partial charge in [-0.05, 0) is 44.0 Å². The zero-order valence-electron chi connectivity index (χ0n) is 12.8. The van der Waals surface area contributed by atoms with Crippen molar-refractivity contribution in [2.24, 2.45) is 0 Å². The predicted molar refractivity (Wildman–Crippen MR) is 92.5 cm³/mol. The molecule has 0 aromatic heterocycles. The van der Waals surface area contributed by atoms with Crippen molar-refractivity contribution in [3.05, 3.63) is 64.1 Å². The van der Waals surface area contributed by atoms with E-state index in [0.717, 1.165) is 22.3 Å². The van der Waals surface area contributed by atoms with E-state index in [1.807, 2.05) is 12.1 Å². The molecule has 0 saturated carbocycles. The van der Waals surface area contributed by atoms with E-state index in [4.69, 9.17) is 0 Å². The van der Waals surface area contributed by atoms with Crippen LogP contribution in [-0.4, -0.2) is 11.1 Å².